The van der Waals surface area contributed by atoms with Crippen molar-refractivity contribution >= 4 is 38.9 Å². The lowest BCUT2D eigenvalue weighted by molar-refractivity contribution is -0.396. The molecular formula is C8H14Br2N4O3. The number of hydrogen-bond acceptors (Lipinski definition) is 5. The van der Waals surface area contributed by atoms with Crippen molar-refractivity contribution in [2.24, 2.45) is 0 Å². The molecule has 1 rings (SSSR count). The Morgan fingerprint density at radius 3 is 2.88 bits per heavy atom. The molecule has 0 unspecified atom stereocenters. The van der Waals surface area contributed by atoms with Crippen molar-refractivity contribution in [1.82, 2.24) is 14.9 Å². The van der Waals surface area contributed by atoms with Gasteiger partial charge in [-0.1, -0.05) is 20.9 Å². The first kappa shape index (κ1) is 16.5. The first-order chi connectivity index (χ1) is 7.69. The van der Waals surface area contributed by atoms with Gasteiger partial charge >= 0.3 is 5.95 Å². The van der Waals surface area contributed by atoms with E-state index in [1.54, 1.807) is 6.20 Å². The van der Waals surface area contributed by atoms with Crippen LogP contribution in [0.25, 0.3) is 0 Å². The molecular weight excluding hydrogens is 360 g/mol. The van der Waals surface area contributed by atoms with Gasteiger partial charge < -0.3 is 20.5 Å². The maximum Gasteiger partial charge on any atom is 0.434 e. The number of hydrogen-bond donors (Lipinski definition) is 2. The molecule has 0 aliphatic carbocycles. The Kier molecular flexibility index (Phi) is 8.30. The van der Waals surface area contributed by atoms with Crippen LogP contribution < -0.4 is 5.32 Å². The molecule has 0 radical (unpaired) electrons. The fourth-order valence-electron chi connectivity index (χ4n) is 1.25. The summed E-state index contributed by atoms with van der Waals surface area (Å²) in [5, 5.41) is 23.3. The second-order valence-corrected chi connectivity index (χ2v) is 3.87. The third-order valence-corrected chi connectivity index (χ3v) is 2.28. The Morgan fingerprint density at radius 1 is 1.65 bits per heavy atom. The second kappa shape index (κ2) is 8.56. The molecule has 0 aliphatic rings. The SMILES string of the molecule is Br.O=[N+]([O-])c1nc(CNCCBr)cn1CCO. The number of aliphatic hydroxyl groups is 1. The van der Waals surface area contributed by atoms with Gasteiger partial charge in [-0.15, -0.1) is 17.0 Å². The van der Waals surface area contributed by atoms with Crippen LogP contribution in [0.15, 0.2) is 6.20 Å². The van der Waals surface area contributed by atoms with Crippen LogP contribution in [0.4, 0.5) is 5.95 Å². The second-order valence-electron chi connectivity index (χ2n) is 3.07. The van der Waals surface area contributed by atoms with Crippen molar-refractivity contribution in [3.8, 4) is 0 Å². The Morgan fingerprint density at radius 2 is 2.35 bits per heavy atom. The van der Waals surface area contributed by atoms with E-state index in [1.165, 1.54) is 4.57 Å². The van der Waals surface area contributed by atoms with Gasteiger partial charge in [-0.2, -0.15) is 0 Å². The number of rotatable bonds is 7. The maximum absolute atomic E-state index is 10.7. The summed E-state index contributed by atoms with van der Waals surface area (Å²) < 4.78 is 1.34. The van der Waals surface area contributed by atoms with E-state index in [0.717, 1.165) is 11.9 Å². The molecule has 9 heteroatoms. The average Bonchev–Trinajstić information content (AvgIpc) is 2.62. The van der Waals surface area contributed by atoms with Crippen molar-refractivity contribution in [3.05, 3.63) is 22.0 Å². The zero-order chi connectivity index (χ0) is 12.0. The Balaban J connectivity index is 0.00000256. The molecule has 17 heavy (non-hydrogen) atoms. The number of halogens is 2. The van der Waals surface area contributed by atoms with Gasteiger partial charge in [0.2, 0.25) is 0 Å². The van der Waals surface area contributed by atoms with Gasteiger partial charge in [0.15, 0.2) is 5.69 Å². The predicted molar refractivity (Wildman–Crippen MR) is 71.8 cm³/mol. The van der Waals surface area contributed by atoms with Gasteiger partial charge in [-0.3, -0.25) is 0 Å². The standard InChI is InChI=1S/C8H13BrN4O3.BrH/c9-1-2-10-5-7-6-12(3-4-14)8(11-7)13(15)16;/h6,10,14H,1-5H2;1H. The molecule has 0 aliphatic heterocycles. The smallest absolute Gasteiger partial charge is 0.393 e. The van der Waals surface area contributed by atoms with Gasteiger partial charge in [-0.25, -0.2) is 4.57 Å². The van der Waals surface area contributed by atoms with E-state index in [9.17, 15) is 10.1 Å². The number of nitrogens with zero attached hydrogens (tertiary/aromatic N) is 3. The monoisotopic (exact) mass is 372 g/mol. The zero-order valence-electron chi connectivity index (χ0n) is 9.00. The Labute approximate surface area is 117 Å². The number of nitrogens with one attached hydrogen (secondary N) is 1. The van der Waals surface area contributed by atoms with E-state index < -0.39 is 4.92 Å². The first-order valence-electron chi connectivity index (χ1n) is 4.77. The highest BCUT2D eigenvalue weighted by atomic mass is 79.9. The van der Waals surface area contributed by atoms with E-state index >= 15 is 0 Å². The predicted octanol–water partition coefficient (Wildman–Crippen LogP) is 0.846. The quantitative estimate of drug-likeness (QED) is 0.320. The Hall–Kier alpha value is -0.510. The third kappa shape index (κ3) is 5.11. The van der Waals surface area contributed by atoms with E-state index in [0.29, 0.717) is 12.2 Å². The lowest BCUT2D eigenvalue weighted by Crippen LogP contribution is -2.15. The van der Waals surface area contributed by atoms with Gasteiger partial charge in [-0.05, 0) is 4.92 Å². The lowest BCUT2D eigenvalue weighted by atomic mass is 10.4. The molecule has 0 atom stereocenters. The molecule has 1 aromatic heterocycles. The van der Waals surface area contributed by atoms with Crippen molar-refractivity contribution in [1.29, 1.82) is 0 Å². The summed E-state index contributed by atoms with van der Waals surface area (Å²) in [6.45, 7) is 1.28. The van der Waals surface area contributed by atoms with Crippen LogP contribution in [0.3, 0.4) is 0 Å². The van der Waals surface area contributed by atoms with Gasteiger partial charge in [0, 0.05) is 11.9 Å². The fraction of sp³-hybridized carbons (Fsp3) is 0.625. The third-order valence-electron chi connectivity index (χ3n) is 1.89. The summed E-state index contributed by atoms with van der Waals surface area (Å²) in [6, 6.07) is 0. The summed E-state index contributed by atoms with van der Waals surface area (Å²) >= 11 is 3.26. The first-order valence-corrected chi connectivity index (χ1v) is 5.89. The van der Waals surface area contributed by atoms with E-state index in [2.05, 4.69) is 26.2 Å². The number of imidazole rings is 1. The minimum Gasteiger partial charge on any atom is -0.393 e. The molecule has 1 heterocycles. The van der Waals surface area contributed by atoms with Crippen LogP contribution in [0.5, 0.6) is 0 Å². The molecule has 1 aromatic rings. The molecule has 0 saturated heterocycles. The van der Waals surface area contributed by atoms with Crippen molar-refractivity contribution in [2.75, 3.05) is 18.5 Å². The highest BCUT2D eigenvalue weighted by molar-refractivity contribution is 9.09. The number of aliphatic hydroxyl groups excluding tert-OH is 1. The summed E-state index contributed by atoms with van der Waals surface area (Å²) in [5.41, 5.74) is 0.598. The number of nitro groups is 1. The van der Waals surface area contributed by atoms with Crippen molar-refractivity contribution < 1.29 is 10.0 Å². The molecule has 0 bridgehead atoms. The van der Waals surface area contributed by atoms with Gasteiger partial charge in [0.05, 0.1) is 19.7 Å². The summed E-state index contributed by atoms with van der Waals surface area (Å²) in [7, 11) is 0. The van der Waals surface area contributed by atoms with Crippen molar-refractivity contribution in [2.45, 2.75) is 13.1 Å². The van der Waals surface area contributed by atoms with Gasteiger partial charge in [0.1, 0.15) is 6.20 Å². The van der Waals surface area contributed by atoms with Gasteiger partial charge in [0.25, 0.3) is 0 Å². The fourth-order valence-corrected chi connectivity index (χ4v) is 1.53. The van der Waals surface area contributed by atoms with Crippen LogP contribution >= 0.6 is 32.9 Å². The molecule has 0 saturated carbocycles. The average molecular weight is 374 g/mol. The van der Waals surface area contributed by atoms with E-state index in [1.807, 2.05) is 0 Å². The topological polar surface area (TPSA) is 93.2 Å². The maximum atomic E-state index is 10.7. The molecule has 0 aromatic carbocycles. The molecule has 0 fully saturated rings. The molecule has 98 valence electrons. The van der Waals surface area contributed by atoms with E-state index in [4.69, 9.17) is 5.11 Å². The van der Waals surface area contributed by atoms with E-state index in [-0.39, 0.29) is 36.1 Å². The minimum atomic E-state index is -0.552. The van der Waals surface area contributed by atoms with Crippen LogP contribution in [-0.2, 0) is 13.1 Å². The molecule has 0 spiro atoms. The minimum absolute atomic E-state index is 0. The normalized spacial score (nSPS) is 10.0. The molecule has 0 amide bonds. The van der Waals surface area contributed by atoms with Crippen molar-refractivity contribution in [3.63, 3.8) is 0 Å². The number of aromatic nitrogens is 2. The summed E-state index contributed by atoms with van der Waals surface area (Å²) in [6.07, 6.45) is 1.58. The van der Waals surface area contributed by atoms with Crippen LogP contribution in [0, 0.1) is 10.1 Å². The van der Waals surface area contributed by atoms with Crippen LogP contribution in [-0.4, -0.2) is 38.1 Å². The number of alkyl halides is 1. The summed E-state index contributed by atoms with van der Waals surface area (Å²) in [4.78, 5) is 14.0. The largest absolute Gasteiger partial charge is 0.434 e. The Bertz CT molecular complexity index is 359. The zero-order valence-corrected chi connectivity index (χ0v) is 12.3. The van der Waals surface area contributed by atoms with Crippen LogP contribution in [0.2, 0.25) is 0 Å². The highest BCUT2D eigenvalue weighted by Crippen LogP contribution is 2.11. The van der Waals surface area contributed by atoms with Crippen LogP contribution in [0.1, 0.15) is 5.69 Å². The summed E-state index contributed by atoms with van der Waals surface area (Å²) in [5.74, 6) is -0.232. The lowest BCUT2D eigenvalue weighted by Gasteiger charge is -1.96. The molecule has 2 N–H and O–H groups in total. The molecule has 7 nitrogen and oxygen atoms in total. The highest BCUT2D eigenvalue weighted by Gasteiger charge is 2.18.